The minimum absolute atomic E-state index is 0.0371. The summed E-state index contributed by atoms with van der Waals surface area (Å²) >= 11 is 2.99. The third-order valence-corrected chi connectivity index (χ3v) is 4.32. The van der Waals surface area contributed by atoms with Gasteiger partial charge in [0.15, 0.2) is 0 Å². The average molecular weight is 338 g/mol. The first-order chi connectivity index (χ1) is 9.65. The normalized spacial score (nSPS) is 17.6. The fourth-order valence-corrected chi connectivity index (χ4v) is 3.04. The maximum Gasteiger partial charge on any atom is 0.147 e. The van der Waals surface area contributed by atoms with E-state index < -0.39 is 11.6 Å². The maximum absolute atomic E-state index is 13.9. The molecule has 0 heterocycles. The summed E-state index contributed by atoms with van der Waals surface area (Å²) in [7, 11) is 0. The molecule has 1 N–H and O–H groups in total. The van der Waals surface area contributed by atoms with E-state index in [1.54, 1.807) is 0 Å². The molecule has 1 unspecified atom stereocenters. The predicted octanol–water partition coefficient (Wildman–Crippen LogP) is 5.22. The van der Waals surface area contributed by atoms with Crippen LogP contribution in [0.2, 0.25) is 0 Å². The Morgan fingerprint density at radius 1 is 1.10 bits per heavy atom. The molecule has 1 nitrogen and oxygen atoms in total. The van der Waals surface area contributed by atoms with Crippen molar-refractivity contribution in [2.45, 2.75) is 25.3 Å². The molecule has 0 spiro atoms. The summed E-state index contributed by atoms with van der Waals surface area (Å²) in [6.07, 6.45) is 3.02. The first kappa shape index (κ1) is 13.6. The molecule has 0 aliphatic heterocycles. The van der Waals surface area contributed by atoms with Gasteiger partial charge in [0, 0.05) is 6.07 Å². The number of rotatable bonds is 2. The molecule has 0 saturated heterocycles. The summed E-state index contributed by atoms with van der Waals surface area (Å²) < 4.78 is 27.6. The van der Waals surface area contributed by atoms with Crippen molar-refractivity contribution in [1.29, 1.82) is 0 Å². The number of fused-ring (bicyclic) bond motifs is 1. The standard InChI is InChI=1S/C16H14BrF2N/c17-12-8-14(19)16(9-13(12)18)20-15-7-3-5-10-4-1-2-6-11(10)15/h1-2,4,6,8-9,15,20H,3,5,7H2. The number of halogens is 3. The van der Waals surface area contributed by atoms with Crippen molar-refractivity contribution in [3.63, 3.8) is 0 Å². The van der Waals surface area contributed by atoms with Gasteiger partial charge in [-0.25, -0.2) is 8.78 Å². The Labute approximate surface area is 125 Å². The number of nitrogens with one attached hydrogen (secondary N) is 1. The molecule has 1 aliphatic rings. The lowest BCUT2D eigenvalue weighted by atomic mass is 9.87. The second-order valence-electron chi connectivity index (χ2n) is 5.03. The number of benzene rings is 2. The van der Waals surface area contributed by atoms with E-state index in [1.807, 2.05) is 12.1 Å². The molecule has 3 rings (SSSR count). The van der Waals surface area contributed by atoms with Gasteiger partial charge >= 0.3 is 0 Å². The Morgan fingerprint density at radius 3 is 2.75 bits per heavy atom. The first-order valence-electron chi connectivity index (χ1n) is 6.64. The summed E-state index contributed by atoms with van der Waals surface area (Å²) in [6.45, 7) is 0. The van der Waals surface area contributed by atoms with Crippen molar-refractivity contribution in [2.75, 3.05) is 5.32 Å². The topological polar surface area (TPSA) is 12.0 Å². The molecule has 1 aliphatic carbocycles. The van der Waals surface area contributed by atoms with Crippen LogP contribution >= 0.6 is 15.9 Å². The lowest BCUT2D eigenvalue weighted by molar-refractivity contribution is 0.575. The smallest absolute Gasteiger partial charge is 0.147 e. The van der Waals surface area contributed by atoms with Crippen LogP contribution in [-0.4, -0.2) is 0 Å². The van der Waals surface area contributed by atoms with E-state index in [9.17, 15) is 8.78 Å². The largest absolute Gasteiger partial charge is 0.376 e. The van der Waals surface area contributed by atoms with Gasteiger partial charge in [-0.15, -0.1) is 0 Å². The zero-order chi connectivity index (χ0) is 14.1. The number of hydrogen-bond acceptors (Lipinski definition) is 1. The SMILES string of the molecule is Fc1cc(NC2CCCc3ccccc32)c(F)cc1Br. The second-order valence-corrected chi connectivity index (χ2v) is 5.89. The first-order valence-corrected chi connectivity index (χ1v) is 7.43. The van der Waals surface area contributed by atoms with Crippen LogP contribution in [0.4, 0.5) is 14.5 Å². The van der Waals surface area contributed by atoms with Crippen molar-refractivity contribution in [3.05, 3.63) is 63.6 Å². The number of hydrogen-bond donors (Lipinski definition) is 1. The lowest BCUT2D eigenvalue weighted by Gasteiger charge is -2.27. The Balaban J connectivity index is 1.91. The second kappa shape index (κ2) is 5.52. The van der Waals surface area contributed by atoms with Gasteiger partial charge in [0.25, 0.3) is 0 Å². The highest BCUT2D eigenvalue weighted by molar-refractivity contribution is 9.10. The van der Waals surface area contributed by atoms with Gasteiger partial charge in [-0.3, -0.25) is 0 Å². The molecule has 104 valence electrons. The Hall–Kier alpha value is -1.42. The maximum atomic E-state index is 13.9. The molecule has 0 amide bonds. The Kier molecular flexibility index (Phi) is 3.74. The van der Waals surface area contributed by atoms with Gasteiger partial charge < -0.3 is 5.32 Å². The van der Waals surface area contributed by atoms with E-state index in [2.05, 4.69) is 33.4 Å². The summed E-state index contributed by atoms with van der Waals surface area (Å²) in [5.74, 6) is -0.903. The van der Waals surface area contributed by atoms with Crippen LogP contribution in [0.3, 0.4) is 0 Å². The molecular formula is C16H14BrF2N. The van der Waals surface area contributed by atoms with Crippen molar-refractivity contribution in [3.8, 4) is 0 Å². The van der Waals surface area contributed by atoms with Crippen molar-refractivity contribution in [1.82, 2.24) is 0 Å². The number of aryl methyl sites for hydroxylation is 1. The van der Waals surface area contributed by atoms with E-state index in [0.717, 1.165) is 25.3 Å². The minimum Gasteiger partial charge on any atom is -0.376 e. The monoisotopic (exact) mass is 337 g/mol. The van der Waals surface area contributed by atoms with Crippen LogP contribution in [0, 0.1) is 11.6 Å². The van der Waals surface area contributed by atoms with E-state index in [0.29, 0.717) is 0 Å². The molecule has 0 fully saturated rings. The van der Waals surface area contributed by atoms with Crippen molar-refractivity contribution < 1.29 is 8.78 Å². The highest BCUT2D eigenvalue weighted by atomic mass is 79.9. The Bertz CT molecular complexity index is 642. The summed E-state index contributed by atoms with van der Waals surface area (Å²) in [6, 6.07) is 10.6. The molecule has 2 aromatic rings. The minimum atomic E-state index is -0.460. The van der Waals surface area contributed by atoms with Crippen molar-refractivity contribution >= 4 is 21.6 Å². The highest BCUT2D eigenvalue weighted by Crippen LogP contribution is 2.34. The number of anilines is 1. The highest BCUT2D eigenvalue weighted by Gasteiger charge is 2.21. The predicted molar refractivity (Wildman–Crippen MR) is 79.8 cm³/mol. The van der Waals surface area contributed by atoms with E-state index in [1.165, 1.54) is 17.2 Å². The van der Waals surface area contributed by atoms with Crippen LogP contribution in [-0.2, 0) is 6.42 Å². The van der Waals surface area contributed by atoms with Gasteiger partial charge in [-0.1, -0.05) is 24.3 Å². The van der Waals surface area contributed by atoms with Gasteiger partial charge in [0.2, 0.25) is 0 Å². The zero-order valence-corrected chi connectivity index (χ0v) is 12.4. The fraction of sp³-hybridized carbons (Fsp3) is 0.250. The molecule has 0 aromatic heterocycles. The van der Waals surface area contributed by atoms with Crippen LogP contribution in [0.25, 0.3) is 0 Å². The molecule has 20 heavy (non-hydrogen) atoms. The molecule has 4 heteroatoms. The fourth-order valence-electron chi connectivity index (χ4n) is 2.72. The van der Waals surface area contributed by atoms with E-state index in [-0.39, 0.29) is 16.2 Å². The molecule has 0 radical (unpaired) electrons. The summed E-state index contributed by atoms with van der Waals surface area (Å²) in [5.41, 5.74) is 2.68. The third-order valence-electron chi connectivity index (χ3n) is 3.71. The Morgan fingerprint density at radius 2 is 1.90 bits per heavy atom. The van der Waals surface area contributed by atoms with Gasteiger partial charge in [0.1, 0.15) is 11.6 Å². The van der Waals surface area contributed by atoms with Crippen molar-refractivity contribution in [2.24, 2.45) is 0 Å². The molecule has 2 aromatic carbocycles. The zero-order valence-electron chi connectivity index (χ0n) is 10.8. The average Bonchev–Trinajstić information content (AvgIpc) is 2.45. The van der Waals surface area contributed by atoms with Crippen LogP contribution < -0.4 is 5.32 Å². The third kappa shape index (κ3) is 2.57. The van der Waals surface area contributed by atoms with E-state index >= 15 is 0 Å². The quantitative estimate of drug-likeness (QED) is 0.741. The molecule has 1 atom stereocenters. The van der Waals surface area contributed by atoms with Crippen LogP contribution in [0.5, 0.6) is 0 Å². The van der Waals surface area contributed by atoms with Crippen LogP contribution in [0.15, 0.2) is 40.9 Å². The molecule has 0 saturated carbocycles. The summed E-state index contributed by atoms with van der Waals surface area (Å²) in [4.78, 5) is 0. The van der Waals surface area contributed by atoms with E-state index in [4.69, 9.17) is 0 Å². The molecule has 0 bridgehead atoms. The lowest BCUT2D eigenvalue weighted by Crippen LogP contribution is -2.18. The summed E-state index contributed by atoms with van der Waals surface area (Å²) in [5, 5.41) is 3.14. The molecular weight excluding hydrogens is 324 g/mol. The van der Waals surface area contributed by atoms with Gasteiger partial charge in [-0.05, 0) is 52.4 Å². The van der Waals surface area contributed by atoms with Crippen LogP contribution in [0.1, 0.15) is 30.0 Å². The van der Waals surface area contributed by atoms with Gasteiger partial charge in [-0.2, -0.15) is 0 Å². The van der Waals surface area contributed by atoms with Gasteiger partial charge in [0.05, 0.1) is 16.2 Å².